The first kappa shape index (κ1) is 13.0. The van der Waals surface area contributed by atoms with Gasteiger partial charge in [0.25, 0.3) is 5.91 Å². The maximum absolute atomic E-state index is 12.2. The van der Waals surface area contributed by atoms with Gasteiger partial charge in [-0.05, 0) is 24.3 Å². The van der Waals surface area contributed by atoms with E-state index in [2.05, 4.69) is 15.3 Å². The highest BCUT2D eigenvalue weighted by atomic mass is 16.4. The van der Waals surface area contributed by atoms with Gasteiger partial charge in [-0.15, -0.1) is 0 Å². The van der Waals surface area contributed by atoms with Crippen LogP contribution in [0.2, 0.25) is 0 Å². The Morgan fingerprint density at radius 3 is 1.95 bits per heavy atom. The van der Waals surface area contributed by atoms with Crippen molar-refractivity contribution in [2.75, 3.05) is 0 Å². The number of hydrogen-bond acceptors (Lipinski definition) is 4. The van der Waals surface area contributed by atoms with Crippen LogP contribution in [0.3, 0.4) is 0 Å². The van der Waals surface area contributed by atoms with E-state index < -0.39 is 17.7 Å². The maximum atomic E-state index is 12.2. The number of aliphatic carboxylic acids is 1. The molecule has 0 spiro atoms. The minimum Gasteiger partial charge on any atom is -0.477 e. The molecule has 0 atom stereocenters. The summed E-state index contributed by atoms with van der Waals surface area (Å²) in [6.45, 7) is 0. The second-order valence-electron chi connectivity index (χ2n) is 4.51. The summed E-state index contributed by atoms with van der Waals surface area (Å²) >= 11 is 0. The first-order valence-electron chi connectivity index (χ1n) is 6.26. The summed E-state index contributed by atoms with van der Waals surface area (Å²) < 4.78 is 0. The van der Waals surface area contributed by atoms with Crippen molar-refractivity contribution >= 4 is 11.9 Å². The van der Waals surface area contributed by atoms with E-state index in [0.29, 0.717) is 16.3 Å². The number of amides is 1. The summed E-state index contributed by atoms with van der Waals surface area (Å²) in [4.78, 5) is 31.8. The summed E-state index contributed by atoms with van der Waals surface area (Å²) in [6, 6.07) is 15.1. The molecular weight excluding hydrogens is 270 g/mol. The zero-order valence-electron chi connectivity index (χ0n) is 10.9. The number of carbonyl (C=O) groups is 2. The summed E-state index contributed by atoms with van der Waals surface area (Å²) in [5.41, 5.74) is 0.347. The molecule has 0 unspecified atom stereocenters. The average molecular weight is 281 g/mol. The Bertz CT molecular complexity index is 796. The van der Waals surface area contributed by atoms with Gasteiger partial charge < -0.3 is 5.11 Å². The number of rotatable bonds is 3. The highest BCUT2D eigenvalue weighted by Gasteiger charge is 2.42. The van der Waals surface area contributed by atoms with Gasteiger partial charge in [-0.25, -0.2) is 14.8 Å². The average Bonchev–Trinajstić information content (AvgIpc) is 2.87. The molecule has 1 amide bonds. The van der Waals surface area contributed by atoms with E-state index in [4.69, 9.17) is 0 Å². The Kier molecular flexibility index (Phi) is 2.98. The number of benzene rings is 2. The number of fused-ring (bicyclic) bond motifs is 1. The highest BCUT2D eigenvalue weighted by Crippen LogP contribution is 2.12. The highest BCUT2D eigenvalue weighted by molar-refractivity contribution is 5.97. The Balaban J connectivity index is 2.00. The summed E-state index contributed by atoms with van der Waals surface area (Å²) in [5, 5.41) is 12.7. The van der Waals surface area contributed by atoms with Crippen molar-refractivity contribution in [3.05, 3.63) is 70.9 Å². The molecule has 1 heterocycles. The van der Waals surface area contributed by atoms with Crippen LogP contribution in [0, 0.1) is 0 Å². The fraction of sp³-hybridized carbons (Fsp3) is 0.0667. The van der Waals surface area contributed by atoms with Gasteiger partial charge in [0, 0.05) is 5.56 Å². The van der Waals surface area contributed by atoms with Gasteiger partial charge >= 0.3 is 11.8 Å². The molecule has 2 aromatic carbocycles. The number of para-hydroxylation sites is 2. The van der Waals surface area contributed by atoms with Crippen LogP contribution in [0.25, 0.3) is 0 Å². The van der Waals surface area contributed by atoms with E-state index in [1.165, 1.54) is 0 Å². The van der Waals surface area contributed by atoms with Crippen LogP contribution in [-0.2, 0) is 4.79 Å². The van der Waals surface area contributed by atoms with Crippen LogP contribution in [0.4, 0.5) is 0 Å². The predicted octanol–water partition coefficient (Wildman–Crippen LogP) is 0.108. The molecule has 2 aromatic rings. The van der Waals surface area contributed by atoms with Crippen molar-refractivity contribution in [2.24, 2.45) is 9.98 Å². The Morgan fingerprint density at radius 2 is 1.43 bits per heavy atom. The molecule has 6 nitrogen and oxygen atoms in total. The number of nitrogens with zero attached hydrogens (tertiary/aromatic N) is 2. The van der Waals surface area contributed by atoms with E-state index in [-0.39, 0.29) is 0 Å². The third-order valence-corrected chi connectivity index (χ3v) is 3.07. The molecule has 1 aliphatic rings. The number of carboxylic acids is 1. The van der Waals surface area contributed by atoms with Gasteiger partial charge in [-0.3, -0.25) is 10.1 Å². The van der Waals surface area contributed by atoms with E-state index >= 15 is 0 Å². The first-order valence-corrected chi connectivity index (χ1v) is 6.26. The molecule has 0 radical (unpaired) electrons. The largest absolute Gasteiger partial charge is 0.477 e. The van der Waals surface area contributed by atoms with Crippen molar-refractivity contribution in [1.82, 2.24) is 5.32 Å². The smallest absolute Gasteiger partial charge is 0.377 e. The SMILES string of the molecule is O=C(NC1(C(=O)O)N=c2ccccc2=N1)c1ccccc1. The topological polar surface area (TPSA) is 91.1 Å². The van der Waals surface area contributed by atoms with Crippen LogP contribution in [-0.4, -0.2) is 22.8 Å². The monoisotopic (exact) mass is 281 g/mol. The van der Waals surface area contributed by atoms with E-state index in [1.54, 1.807) is 54.6 Å². The summed E-state index contributed by atoms with van der Waals surface area (Å²) in [6.07, 6.45) is 0. The number of carboxylic acid groups (broad SMARTS) is 1. The Labute approximate surface area is 119 Å². The lowest BCUT2D eigenvalue weighted by Gasteiger charge is -2.19. The third kappa shape index (κ3) is 2.27. The van der Waals surface area contributed by atoms with Crippen LogP contribution >= 0.6 is 0 Å². The van der Waals surface area contributed by atoms with Gasteiger partial charge in [0.1, 0.15) is 0 Å². The molecule has 1 aliphatic heterocycles. The predicted molar refractivity (Wildman–Crippen MR) is 73.0 cm³/mol. The normalized spacial score (nSPS) is 14.5. The zero-order chi connectivity index (χ0) is 14.9. The summed E-state index contributed by atoms with van der Waals surface area (Å²) in [7, 11) is 0. The maximum Gasteiger partial charge on any atom is 0.377 e. The number of nitrogens with one attached hydrogen (secondary N) is 1. The van der Waals surface area contributed by atoms with Gasteiger partial charge in [-0.1, -0.05) is 30.3 Å². The Hall–Kier alpha value is -3.02. The van der Waals surface area contributed by atoms with Crippen LogP contribution < -0.4 is 16.0 Å². The molecular formula is C15H11N3O3. The van der Waals surface area contributed by atoms with E-state index in [9.17, 15) is 14.7 Å². The van der Waals surface area contributed by atoms with Crippen LogP contribution in [0.1, 0.15) is 10.4 Å². The minimum absolute atomic E-state index is 0.347. The lowest BCUT2D eigenvalue weighted by Crippen LogP contribution is -2.51. The molecule has 104 valence electrons. The molecule has 0 saturated heterocycles. The van der Waals surface area contributed by atoms with E-state index in [0.717, 1.165) is 0 Å². The first-order chi connectivity index (χ1) is 10.1. The fourth-order valence-corrected chi connectivity index (χ4v) is 2.05. The van der Waals surface area contributed by atoms with Gasteiger partial charge in [0.15, 0.2) is 0 Å². The van der Waals surface area contributed by atoms with E-state index in [1.807, 2.05) is 0 Å². The molecule has 6 heteroatoms. The molecule has 0 aromatic heterocycles. The fourth-order valence-electron chi connectivity index (χ4n) is 2.05. The zero-order valence-corrected chi connectivity index (χ0v) is 10.9. The van der Waals surface area contributed by atoms with Crippen molar-refractivity contribution in [2.45, 2.75) is 5.79 Å². The third-order valence-electron chi connectivity index (χ3n) is 3.07. The van der Waals surface area contributed by atoms with Crippen molar-refractivity contribution in [1.29, 1.82) is 0 Å². The molecule has 0 aliphatic carbocycles. The molecule has 0 fully saturated rings. The second kappa shape index (κ2) is 4.82. The van der Waals surface area contributed by atoms with Crippen molar-refractivity contribution < 1.29 is 14.7 Å². The van der Waals surface area contributed by atoms with Crippen LogP contribution in [0.5, 0.6) is 0 Å². The minimum atomic E-state index is -2.00. The molecule has 0 saturated carbocycles. The van der Waals surface area contributed by atoms with Gasteiger partial charge in [0.05, 0.1) is 10.7 Å². The number of carbonyl (C=O) groups excluding carboxylic acids is 1. The number of hydrogen-bond donors (Lipinski definition) is 2. The quantitative estimate of drug-likeness (QED) is 0.836. The van der Waals surface area contributed by atoms with Gasteiger partial charge in [-0.2, -0.15) is 0 Å². The van der Waals surface area contributed by atoms with Gasteiger partial charge in [0.2, 0.25) is 0 Å². The molecule has 0 bridgehead atoms. The standard InChI is InChI=1S/C15H11N3O3/c19-13(10-6-2-1-3-7-10)18-15(14(20)21)16-11-8-4-5-9-12(11)17-15/h1-9H,(H,18,19)(H,20,21). The van der Waals surface area contributed by atoms with Crippen LogP contribution in [0.15, 0.2) is 64.6 Å². The molecule has 3 rings (SSSR count). The second-order valence-corrected chi connectivity index (χ2v) is 4.51. The summed E-state index contributed by atoms with van der Waals surface area (Å²) in [5.74, 6) is -3.88. The molecule has 2 N–H and O–H groups in total. The molecule has 21 heavy (non-hydrogen) atoms. The van der Waals surface area contributed by atoms with Crippen molar-refractivity contribution in [3.63, 3.8) is 0 Å². The lowest BCUT2D eigenvalue weighted by molar-refractivity contribution is -0.143. The lowest BCUT2D eigenvalue weighted by atomic mass is 10.2. The van der Waals surface area contributed by atoms with Crippen molar-refractivity contribution in [3.8, 4) is 0 Å². The Morgan fingerprint density at radius 1 is 0.905 bits per heavy atom.